The molecule has 2 aromatic carbocycles. The van der Waals surface area contributed by atoms with Gasteiger partial charge in [0.15, 0.2) is 5.76 Å². The Morgan fingerprint density at radius 1 is 1.23 bits per heavy atom. The Balaban J connectivity index is 1.51. The molecular formula is C25H26N2O4. The third-order valence-electron chi connectivity index (χ3n) is 6.06. The molecule has 0 spiro atoms. The number of hydrogen-bond donors (Lipinski definition) is 0. The summed E-state index contributed by atoms with van der Waals surface area (Å²) in [7, 11) is 1.69. The summed E-state index contributed by atoms with van der Waals surface area (Å²) in [6, 6.07) is 10.1. The molecular weight excluding hydrogens is 392 g/mol. The number of hydrogen-bond acceptors (Lipinski definition) is 5. The maximum Gasteiger partial charge on any atom is 0.231 e. The molecule has 2 aliphatic rings. The summed E-state index contributed by atoms with van der Waals surface area (Å²) < 4.78 is 19.5. The van der Waals surface area contributed by atoms with Crippen LogP contribution in [0.1, 0.15) is 34.0 Å². The maximum atomic E-state index is 13.2. The zero-order valence-electron chi connectivity index (χ0n) is 18.1. The van der Waals surface area contributed by atoms with Crippen LogP contribution in [0.15, 0.2) is 42.3 Å². The van der Waals surface area contributed by atoms with Crippen LogP contribution in [0.25, 0.3) is 17.0 Å². The van der Waals surface area contributed by atoms with E-state index >= 15 is 0 Å². The summed E-state index contributed by atoms with van der Waals surface area (Å²) in [6.45, 7) is 7.59. The summed E-state index contributed by atoms with van der Waals surface area (Å²) >= 11 is 0. The first-order valence-electron chi connectivity index (χ1n) is 10.6. The molecule has 0 saturated heterocycles. The molecule has 0 aliphatic carbocycles. The van der Waals surface area contributed by atoms with Crippen LogP contribution in [-0.4, -0.2) is 42.2 Å². The van der Waals surface area contributed by atoms with Gasteiger partial charge >= 0.3 is 0 Å². The van der Waals surface area contributed by atoms with E-state index in [4.69, 9.17) is 14.2 Å². The monoisotopic (exact) mass is 418 g/mol. The van der Waals surface area contributed by atoms with Crippen molar-refractivity contribution in [2.24, 2.45) is 0 Å². The van der Waals surface area contributed by atoms with Crippen molar-refractivity contribution in [3.8, 4) is 11.5 Å². The Morgan fingerprint density at radius 3 is 2.87 bits per heavy atom. The van der Waals surface area contributed by atoms with Gasteiger partial charge in [-0.25, -0.2) is 0 Å². The molecule has 1 aromatic heterocycles. The molecule has 0 amide bonds. The normalized spacial score (nSPS) is 17.0. The standard InChI is InChI=1S/C25H26N2O4/c1-4-27-14-17(19-7-5-6-8-21(19)27)12-22-23(28)20-11-18-13-26(9-10-29-3)15-30-24(18)16(2)25(20)31-22/h5-8,11-12,14H,4,9-10,13,15H2,1-3H3/b22-12-. The molecule has 2 aliphatic heterocycles. The first kappa shape index (κ1) is 19.8. The highest BCUT2D eigenvalue weighted by molar-refractivity contribution is 6.15. The van der Waals surface area contributed by atoms with Crippen molar-refractivity contribution in [1.82, 2.24) is 9.47 Å². The molecule has 0 N–H and O–H groups in total. The highest BCUT2D eigenvalue weighted by Gasteiger charge is 2.33. The van der Waals surface area contributed by atoms with Crippen LogP contribution in [0.4, 0.5) is 0 Å². The number of benzene rings is 2. The SMILES string of the molecule is CCn1cc(/C=C2\Oc3c(cc4c(c3C)OCN(CCOC)C4)C2=O)c2ccccc21. The second kappa shape index (κ2) is 7.87. The van der Waals surface area contributed by atoms with Crippen LogP contribution in [0.5, 0.6) is 11.5 Å². The van der Waals surface area contributed by atoms with Gasteiger partial charge in [-0.15, -0.1) is 0 Å². The van der Waals surface area contributed by atoms with E-state index in [1.807, 2.05) is 31.2 Å². The highest BCUT2D eigenvalue weighted by Crippen LogP contribution is 2.43. The number of ether oxygens (including phenoxy) is 3. The minimum absolute atomic E-state index is 0.0803. The van der Waals surface area contributed by atoms with Gasteiger partial charge in [0.2, 0.25) is 5.78 Å². The van der Waals surface area contributed by atoms with Crippen LogP contribution in [0.3, 0.4) is 0 Å². The van der Waals surface area contributed by atoms with Crippen LogP contribution in [-0.2, 0) is 17.8 Å². The largest absolute Gasteiger partial charge is 0.477 e. The third-order valence-corrected chi connectivity index (χ3v) is 6.06. The second-order valence-corrected chi connectivity index (χ2v) is 8.01. The number of fused-ring (bicyclic) bond motifs is 3. The van der Waals surface area contributed by atoms with E-state index in [9.17, 15) is 4.79 Å². The summed E-state index contributed by atoms with van der Waals surface area (Å²) in [5, 5.41) is 1.11. The lowest BCUT2D eigenvalue weighted by molar-refractivity contribution is 0.0649. The molecule has 160 valence electrons. The number of allylic oxidation sites excluding steroid dienone is 1. The van der Waals surface area contributed by atoms with Gasteiger partial charge in [-0.2, -0.15) is 0 Å². The van der Waals surface area contributed by atoms with Gasteiger partial charge in [0.25, 0.3) is 0 Å². The van der Waals surface area contributed by atoms with Crippen LogP contribution in [0.2, 0.25) is 0 Å². The molecule has 0 atom stereocenters. The molecule has 5 rings (SSSR count). The van der Waals surface area contributed by atoms with Crippen molar-refractivity contribution in [2.75, 3.05) is 27.0 Å². The van der Waals surface area contributed by atoms with Crippen molar-refractivity contribution in [1.29, 1.82) is 0 Å². The van der Waals surface area contributed by atoms with Gasteiger partial charge in [0.05, 0.1) is 12.2 Å². The second-order valence-electron chi connectivity index (χ2n) is 8.01. The average Bonchev–Trinajstić information content (AvgIpc) is 3.30. The predicted molar refractivity (Wildman–Crippen MR) is 120 cm³/mol. The molecule has 0 fully saturated rings. The number of carbonyl (C=O) groups excluding carboxylic acids is 1. The maximum absolute atomic E-state index is 13.2. The fraction of sp³-hybridized carbons (Fsp3) is 0.320. The highest BCUT2D eigenvalue weighted by atomic mass is 16.5. The number of nitrogens with zero attached hydrogens (tertiary/aromatic N) is 2. The van der Waals surface area contributed by atoms with Crippen molar-refractivity contribution >= 4 is 22.8 Å². The molecule has 3 aromatic rings. The van der Waals surface area contributed by atoms with Gasteiger partial charge in [-0.05, 0) is 32.1 Å². The molecule has 0 radical (unpaired) electrons. The Labute approximate surface area is 181 Å². The molecule has 0 unspecified atom stereocenters. The number of rotatable bonds is 5. The van der Waals surface area contributed by atoms with Gasteiger partial charge in [0.1, 0.15) is 18.2 Å². The van der Waals surface area contributed by atoms with Crippen LogP contribution >= 0.6 is 0 Å². The third kappa shape index (κ3) is 3.32. The number of aryl methyl sites for hydroxylation is 1. The van der Waals surface area contributed by atoms with Crippen molar-refractivity contribution in [3.63, 3.8) is 0 Å². The lowest BCUT2D eigenvalue weighted by Crippen LogP contribution is -2.34. The number of para-hydroxylation sites is 1. The van der Waals surface area contributed by atoms with Crippen molar-refractivity contribution in [2.45, 2.75) is 26.9 Å². The van der Waals surface area contributed by atoms with Gasteiger partial charge in [-0.3, -0.25) is 9.69 Å². The van der Waals surface area contributed by atoms with E-state index in [0.29, 0.717) is 30.4 Å². The Bertz CT molecular complexity index is 1210. The zero-order chi connectivity index (χ0) is 21.5. The van der Waals surface area contributed by atoms with Gasteiger partial charge in [-0.1, -0.05) is 18.2 Å². The van der Waals surface area contributed by atoms with E-state index in [-0.39, 0.29) is 5.78 Å². The number of Topliss-reactive ketones (excluding diaryl/α,β-unsaturated/α-hetero) is 1. The van der Waals surface area contributed by atoms with E-state index in [0.717, 1.165) is 53.0 Å². The van der Waals surface area contributed by atoms with E-state index < -0.39 is 0 Å². The van der Waals surface area contributed by atoms with E-state index in [1.165, 1.54) is 0 Å². The molecule has 0 bridgehead atoms. The summed E-state index contributed by atoms with van der Waals surface area (Å²) in [4.78, 5) is 15.4. The first-order valence-corrected chi connectivity index (χ1v) is 10.6. The molecule has 31 heavy (non-hydrogen) atoms. The Morgan fingerprint density at radius 2 is 2.06 bits per heavy atom. The lowest BCUT2D eigenvalue weighted by Gasteiger charge is -2.30. The fourth-order valence-electron chi connectivity index (χ4n) is 4.45. The zero-order valence-corrected chi connectivity index (χ0v) is 18.1. The minimum atomic E-state index is -0.0803. The van der Waals surface area contributed by atoms with Crippen molar-refractivity contribution in [3.05, 3.63) is 64.5 Å². The van der Waals surface area contributed by atoms with E-state index in [2.05, 4.69) is 34.7 Å². The number of ketones is 1. The molecule has 3 heterocycles. The van der Waals surface area contributed by atoms with Gasteiger partial charge < -0.3 is 18.8 Å². The topological polar surface area (TPSA) is 52.9 Å². The summed E-state index contributed by atoms with van der Waals surface area (Å²) in [5.74, 6) is 1.71. The average molecular weight is 418 g/mol. The number of carbonyl (C=O) groups is 1. The summed E-state index contributed by atoms with van der Waals surface area (Å²) in [5.41, 5.74) is 4.64. The molecule has 0 saturated carbocycles. The fourth-order valence-corrected chi connectivity index (χ4v) is 4.45. The Kier molecular flexibility index (Phi) is 5.04. The smallest absolute Gasteiger partial charge is 0.231 e. The molecule has 6 heteroatoms. The van der Waals surface area contributed by atoms with Crippen molar-refractivity contribution < 1.29 is 19.0 Å². The lowest BCUT2D eigenvalue weighted by atomic mass is 10.00. The quantitative estimate of drug-likeness (QED) is 0.576. The Hall–Kier alpha value is -3.09. The van der Waals surface area contributed by atoms with Crippen LogP contribution < -0.4 is 9.47 Å². The minimum Gasteiger partial charge on any atom is -0.477 e. The number of aromatic nitrogens is 1. The molecule has 6 nitrogen and oxygen atoms in total. The number of methoxy groups -OCH3 is 1. The predicted octanol–water partition coefficient (Wildman–Crippen LogP) is 4.38. The van der Waals surface area contributed by atoms with Crippen LogP contribution in [0, 0.1) is 6.92 Å². The van der Waals surface area contributed by atoms with Gasteiger partial charge in [0, 0.05) is 60.5 Å². The summed E-state index contributed by atoms with van der Waals surface area (Å²) in [6.07, 6.45) is 3.94. The first-order chi connectivity index (χ1) is 15.1. The van der Waals surface area contributed by atoms with E-state index in [1.54, 1.807) is 7.11 Å².